The van der Waals surface area contributed by atoms with E-state index in [1.54, 1.807) is 0 Å². The van der Waals surface area contributed by atoms with Crippen LogP contribution in [0.25, 0.3) is 10.9 Å². The highest BCUT2D eigenvalue weighted by atomic mass is 14.9. The molecule has 0 aliphatic rings. The van der Waals surface area contributed by atoms with Gasteiger partial charge in [0.2, 0.25) is 0 Å². The number of nitrogens with zero attached hydrogens (tertiary/aromatic N) is 1. The molecule has 0 aliphatic carbocycles. The normalized spacial score (nSPS) is 12.5. The Kier molecular flexibility index (Phi) is 3.23. The smallest absolute Gasteiger partial charge is 0.0638 e. The number of hydrogen-bond donors (Lipinski definition) is 2. The number of aromatic amines is 1. The molecule has 0 saturated carbocycles. The highest BCUT2D eigenvalue weighted by Gasteiger charge is 2.04. The van der Waals surface area contributed by atoms with Crippen molar-refractivity contribution in [3.05, 3.63) is 36.0 Å². The summed E-state index contributed by atoms with van der Waals surface area (Å²) in [6.07, 6.45) is 2.49. The first-order valence-electron chi connectivity index (χ1n) is 5.46. The number of benzene rings is 1. The molecule has 0 spiro atoms. The van der Waals surface area contributed by atoms with Crippen molar-refractivity contribution in [2.24, 2.45) is 0 Å². The number of aromatic nitrogens is 1. The number of rotatable bonds is 4. The van der Waals surface area contributed by atoms with Gasteiger partial charge in [-0.15, -0.1) is 0 Å². The molecule has 0 amide bonds. The Labute approximate surface area is 95.1 Å². The molecule has 0 bridgehead atoms. The Morgan fingerprint density at radius 2 is 2.31 bits per heavy atom. The van der Waals surface area contributed by atoms with Crippen LogP contribution in [0.4, 0.5) is 0 Å². The molecule has 2 N–H and O–H groups in total. The van der Waals surface area contributed by atoms with Gasteiger partial charge in [0.1, 0.15) is 0 Å². The molecule has 1 aromatic heterocycles. The van der Waals surface area contributed by atoms with Crippen LogP contribution in [0.2, 0.25) is 0 Å². The second-order valence-corrected chi connectivity index (χ2v) is 4.00. The van der Waals surface area contributed by atoms with Crippen molar-refractivity contribution >= 4 is 10.9 Å². The Bertz CT molecular complexity index is 507. The summed E-state index contributed by atoms with van der Waals surface area (Å²) >= 11 is 0. The molecule has 0 radical (unpaired) electrons. The average Bonchev–Trinajstić information content (AvgIpc) is 2.75. The molecule has 0 saturated heterocycles. The number of para-hydroxylation sites is 1. The third-order valence-corrected chi connectivity index (χ3v) is 2.71. The van der Waals surface area contributed by atoms with Crippen LogP contribution in [0.3, 0.4) is 0 Å². The zero-order chi connectivity index (χ0) is 11.4. The number of H-pyrrole nitrogens is 1. The Balaban J connectivity index is 2.10. The quantitative estimate of drug-likeness (QED) is 0.820. The second-order valence-electron chi connectivity index (χ2n) is 4.00. The highest BCUT2D eigenvalue weighted by Crippen LogP contribution is 2.16. The first kappa shape index (κ1) is 10.7. The summed E-state index contributed by atoms with van der Waals surface area (Å²) in [5.74, 6) is 0. The lowest BCUT2D eigenvalue weighted by Gasteiger charge is -2.10. The van der Waals surface area contributed by atoms with Gasteiger partial charge in [0, 0.05) is 24.3 Å². The van der Waals surface area contributed by atoms with E-state index in [0.717, 1.165) is 6.54 Å². The zero-order valence-corrected chi connectivity index (χ0v) is 9.33. The minimum absolute atomic E-state index is 0.232. The van der Waals surface area contributed by atoms with Crippen molar-refractivity contribution in [1.82, 2.24) is 10.3 Å². The van der Waals surface area contributed by atoms with Gasteiger partial charge in [0.15, 0.2) is 0 Å². The molecule has 1 unspecified atom stereocenters. The molecule has 1 aromatic carbocycles. The summed E-state index contributed by atoms with van der Waals surface area (Å²) in [5.41, 5.74) is 2.42. The second kappa shape index (κ2) is 4.82. The van der Waals surface area contributed by atoms with Gasteiger partial charge in [0.25, 0.3) is 0 Å². The molecular formula is C13H15N3. The standard InChI is InChI=1S/C13H15N3/c1-10(5-7-14)16-9-12-4-2-3-11-6-8-15-13(11)12/h2-4,6,8,10,15-16H,5,9H2,1H3. The van der Waals surface area contributed by atoms with Gasteiger partial charge in [-0.05, 0) is 23.9 Å². The van der Waals surface area contributed by atoms with Gasteiger partial charge in [-0.1, -0.05) is 18.2 Å². The molecule has 1 heterocycles. The summed E-state index contributed by atoms with van der Waals surface area (Å²) in [5, 5.41) is 13.1. The number of fused-ring (bicyclic) bond motifs is 1. The van der Waals surface area contributed by atoms with E-state index in [0.29, 0.717) is 6.42 Å². The van der Waals surface area contributed by atoms with E-state index in [1.165, 1.54) is 16.5 Å². The molecular weight excluding hydrogens is 198 g/mol. The van der Waals surface area contributed by atoms with Crippen molar-refractivity contribution in [3.63, 3.8) is 0 Å². The fourth-order valence-corrected chi connectivity index (χ4v) is 1.79. The van der Waals surface area contributed by atoms with Gasteiger partial charge in [0.05, 0.1) is 12.5 Å². The molecule has 82 valence electrons. The lowest BCUT2D eigenvalue weighted by Crippen LogP contribution is -2.24. The van der Waals surface area contributed by atoms with Gasteiger partial charge < -0.3 is 10.3 Å². The largest absolute Gasteiger partial charge is 0.361 e. The molecule has 1 atom stereocenters. The van der Waals surface area contributed by atoms with Crippen molar-refractivity contribution in [2.75, 3.05) is 0 Å². The number of nitrogens with one attached hydrogen (secondary N) is 2. The minimum Gasteiger partial charge on any atom is -0.361 e. The zero-order valence-electron chi connectivity index (χ0n) is 9.33. The molecule has 2 aromatic rings. The summed E-state index contributed by atoms with van der Waals surface area (Å²) in [6.45, 7) is 2.82. The minimum atomic E-state index is 0.232. The predicted octanol–water partition coefficient (Wildman–Crippen LogP) is 2.56. The Morgan fingerprint density at radius 3 is 3.12 bits per heavy atom. The van der Waals surface area contributed by atoms with Crippen LogP contribution in [0.5, 0.6) is 0 Å². The SMILES string of the molecule is CC(CC#N)NCc1cccc2cc[nH]c12. The van der Waals surface area contributed by atoms with E-state index in [9.17, 15) is 0 Å². The molecule has 3 nitrogen and oxygen atoms in total. The van der Waals surface area contributed by atoms with Crippen LogP contribution in [0, 0.1) is 11.3 Å². The van der Waals surface area contributed by atoms with Crippen molar-refractivity contribution in [3.8, 4) is 6.07 Å². The lowest BCUT2D eigenvalue weighted by atomic mass is 10.1. The lowest BCUT2D eigenvalue weighted by molar-refractivity contribution is 0.558. The van der Waals surface area contributed by atoms with E-state index in [-0.39, 0.29) is 6.04 Å². The summed E-state index contributed by atoms with van der Waals surface area (Å²) < 4.78 is 0. The highest BCUT2D eigenvalue weighted by molar-refractivity contribution is 5.82. The van der Waals surface area contributed by atoms with E-state index < -0.39 is 0 Å². The first-order valence-corrected chi connectivity index (χ1v) is 5.46. The Hall–Kier alpha value is -1.79. The van der Waals surface area contributed by atoms with Crippen LogP contribution >= 0.6 is 0 Å². The topological polar surface area (TPSA) is 51.6 Å². The van der Waals surface area contributed by atoms with Gasteiger partial charge in [-0.3, -0.25) is 0 Å². The summed E-state index contributed by atoms with van der Waals surface area (Å²) in [6, 6.07) is 10.7. The van der Waals surface area contributed by atoms with Crippen molar-refractivity contribution in [1.29, 1.82) is 5.26 Å². The van der Waals surface area contributed by atoms with Crippen molar-refractivity contribution < 1.29 is 0 Å². The fraction of sp³-hybridized carbons (Fsp3) is 0.308. The van der Waals surface area contributed by atoms with Crippen LogP contribution in [-0.4, -0.2) is 11.0 Å². The Morgan fingerprint density at radius 1 is 1.44 bits per heavy atom. The van der Waals surface area contributed by atoms with E-state index in [2.05, 4.69) is 40.6 Å². The third-order valence-electron chi connectivity index (χ3n) is 2.71. The molecule has 16 heavy (non-hydrogen) atoms. The van der Waals surface area contributed by atoms with Gasteiger partial charge >= 0.3 is 0 Å². The maximum Gasteiger partial charge on any atom is 0.0638 e. The molecule has 2 rings (SSSR count). The molecule has 3 heteroatoms. The molecule has 0 aliphatic heterocycles. The van der Waals surface area contributed by atoms with Crippen LogP contribution < -0.4 is 5.32 Å². The van der Waals surface area contributed by atoms with Crippen LogP contribution in [-0.2, 0) is 6.54 Å². The maximum absolute atomic E-state index is 8.58. The first-order chi connectivity index (χ1) is 7.81. The van der Waals surface area contributed by atoms with Gasteiger partial charge in [-0.25, -0.2) is 0 Å². The van der Waals surface area contributed by atoms with Gasteiger partial charge in [-0.2, -0.15) is 5.26 Å². The molecule has 0 fully saturated rings. The van der Waals surface area contributed by atoms with E-state index >= 15 is 0 Å². The monoisotopic (exact) mass is 213 g/mol. The number of hydrogen-bond acceptors (Lipinski definition) is 2. The third kappa shape index (κ3) is 2.23. The van der Waals surface area contributed by atoms with Crippen LogP contribution in [0.15, 0.2) is 30.5 Å². The van der Waals surface area contributed by atoms with E-state index in [4.69, 9.17) is 5.26 Å². The van der Waals surface area contributed by atoms with Crippen LogP contribution in [0.1, 0.15) is 18.9 Å². The van der Waals surface area contributed by atoms with E-state index in [1.807, 2.05) is 13.1 Å². The van der Waals surface area contributed by atoms with Crippen molar-refractivity contribution in [2.45, 2.75) is 25.9 Å². The predicted molar refractivity (Wildman–Crippen MR) is 64.8 cm³/mol. The summed E-state index contributed by atoms with van der Waals surface area (Å²) in [4.78, 5) is 3.24. The maximum atomic E-state index is 8.58. The fourth-order valence-electron chi connectivity index (χ4n) is 1.79. The average molecular weight is 213 g/mol. The summed E-state index contributed by atoms with van der Waals surface area (Å²) in [7, 11) is 0. The number of nitriles is 1.